The molecule has 1 aromatic rings. The van der Waals surface area contributed by atoms with E-state index < -0.39 is 0 Å². The standard InChI is InChI=1S/C10H11BrO/c11-10-4-1-7(6-12)5-9(10)8-2-3-8/h1,4-5,8,12H,2-3,6H2. The fourth-order valence-corrected chi connectivity index (χ4v) is 1.97. The van der Waals surface area contributed by atoms with Crippen LogP contribution in [0, 0.1) is 0 Å². The molecule has 0 spiro atoms. The molecular formula is C10H11BrO. The summed E-state index contributed by atoms with van der Waals surface area (Å²) >= 11 is 3.52. The summed E-state index contributed by atoms with van der Waals surface area (Å²) in [5.74, 6) is 0.742. The van der Waals surface area contributed by atoms with Gasteiger partial charge in [-0.25, -0.2) is 0 Å². The van der Waals surface area contributed by atoms with E-state index in [0.717, 1.165) is 11.5 Å². The Morgan fingerprint density at radius 3 is 2.75 bits per heavy atom. The average Bonchev–Trinajstić information content (AvgIpc) is 2.88. The first-order valence-corrected chi connectivity index (χ1v) is 4.99. The van der Waals surface area contributed by atoms with Crippen LogP contribution in [0.25, 0.3) is 0 Å². The molecule has 0 saturated heterocycles. The molecule has 0 atom stereocenters. The van der Waals surface area contributed by atoms with Gasteiger partial charge < -0.3 is 5.11 Å². The molecule has 64 valence electrons. The first-order valence-electron chi connectivity index (χ1n) is 4.20. The Morgan fingerprint density at radius 1 is 1.42 bits per heavy atom. The second-order valence-corrected chi connectivity index (χ2v) is 4.14. The largest absolute Gasteiger partial charge is 0.392 e. The maximum absolute atomic E-state index is 8.94. The molecular weight excluding hydrogens is 216 g/mol. The first-order chi connectivity index (χ1) is 5.81. The minimum atomic E-state index is 0.146. The van der Waals surface area contributed by atoms with Crippen LogP contribution >= 0.6 is 15.9 Å². The zero-order valence-electron chi connectivity index (χ0n) is 6.76. The molecule has 0 aromatic heterocycles. The van der Waals surface area contributed by atoms with Crippen molar-refractivity contribution in [1.82, 2.24) is 0 Å². The quantitative estimate of drug-likeness (QED) is 0.823. The van der Waals surface area contributed by atoms with Crippen molar-refractivity contribution >= 4 is 15.9 Å². The van der Waals surface area contributed by atoms with Crippen molar-refractivity contribution in [2.24, 2.45) is 0 Å². The lowest BCUT2D eigenvalue weighted by atomic mass is 10.1. The van der Waals surface area contributed by atoms with E-state index in [1.807, 2.05) is 12.1 Å². The van der Waals surface area contributed by atoms with Crippen LogP contribution in [0.1, 0.15) is 29.9 Å². The van der Waals surface area contributed by atoms with Gasteiger partial charge in [0.05, 0.1) is 6.61 Å². The Bertz CT molecular complexity index is 292. The van der Waals surface area contributed by atoms with Crippen molar-refractivity contribution in [1.29, 1.82) is 0 Å². The van der Waals surface area contributed by atoms with Crippen molar-refractivity contribution in [2.75, 3.05) is 0 Å². The molecule has 12 heavy (non-hydrogen) atoms. The van der Waals surface area contributed by atoms with E-state index in [9.17, 15) is 0 Å². The summed E-state index contributed by atoms with van der Waals surface area (Å²) in [5, 5.41) is 8.94. The van der Waals surface area contributed by atoms with E-state index >= 15 is 0 Å². The highest BCUT2D eigenvalue weighted by Crippen LogP contribution is 2.43. The third-order valence-electron chi connectivity index (χ3n) is 2.26. The van der Waals surface area contributed by atoms with E-state index in [4.69, 9.17) is 5.11 Å². The molecule has 2 heteroatoms. The third kappa shape index (κ3) is 1.54. The Morgan fingerprint density at radius 2 is 2.17 bits per heavy atom. The summed E-state index contributed by atoms with van der Waals surface area (Å²) in [6.07, 6.45) is 2.60. The van der Waals surface area contributed by atoms with Gasteiger partial charge in [0.1, 0.15) is 0 Å². The minimum absolute atomic E-state index is 0.146. The number of rotatable bonds is 2. The van der Waals surface area contributed by atoms with E-state index in [-0.39, 0.29) is 6.61 Å². The number of aliphatic hydroxyl groups excluding tert-OH is 1. The molecule has 0 amide bonds. The summed E-state index contributed by atoms with van der Waals surface area (Å²) in [5.41, 5.74) is 2.38. The molecule has 1 aliphatic rings. The van der Waals surface area contributed by atoms with Gasteiger partial charge in [-0.2, -0.15) is 0 Å². The predicted molar refractivity (Wildman–Crippen MR) is 52.0 cm³/mol. The lowest BCUT2D eigenvalue weighted by Gasteiger charge is -2.04. The predicted octanol–water partition coefficient (Wildman–Crippen LogP) is 2.82. The maximum atomic E-state index is 8.94. The van der Waals surface area contributed by atoms with Gasteiger partial charge in [-0.15, -0.1) is 0 Å². The zero-order chi connectivity index (χ0) is 8.55. The van der Waals surface area contributed by atoms with E-state index in [1.165, 1.54) is 22.9 Å². The summed E-state index contributed by atoms with van der Waals surface area (Å²) in [4.78, 5) is 0. The lowest BCUT2D eigenvalue weighted by Crippen LogP contribution is -1.87. The van der Waals surface area contributed by atoms with Gasteiger partial charge >= 0.3 is 0 Å². The van der Waals surface area contributed by atoms with Crippen molar-refractivity contribution < 1.29 is 5.11 Å². The van der Waals surface area contributed by atoms with Gasteiger partial charge in [-0.1, -0.05) is 28.1 Å². The topological polar surface area (TPSA) is 20.2 Å². The van der Waals surface area contributed by atoms with Crippen LogP contribution in [-0.2, 0) is 6.61 Å². The molecule has 1 N–H and O–H groups in total. The second-order valence-electron chi connectivity index (χ2n) is 3.29. The van der Waals surface area contributed by atoms with Crippen LogP contribution in [0.2, 0.25) is 0 Å². The van der Waals surface area contributed by atoms with Gasteiger partial charge in [0.15, 0.2) is 0 Å². The molecule has 1 fully saturated rings. The van der Waals surface area contributed by atoms with Crippen LogP contribution in [0.15, 0.2) is 22.7 Å². The van der Waals surface area contributed by atoms with Gasteiger partial charge in [0.25, 0.3) is 0 Å². The Balaban J connectivity index is 2.36. The Labute approximate surface area is 80.5 Å². The van der Waals surface area contributed by atoms with E-state index in [0.29, 0.717) is 0 Å². The number of aliphatic hydroxyl groups is 1. The van der Waals surface area contributed by atoms with Crippen LogP contribution in [0.3, 0.4) is 0 Å². The highest BCUT2D eigenvalue weighted by molar-refractivity contribution is 9.10. The highest BCUT2D eigenvalue weighted by atomic mass is 79.9. The highest BCUT2D eigenvalue weighted by Gasteiger charge is 2.25. The second kappa shape index (κ2) is 3.19. The molecule has 1 nitrogen and oxygen atoms in total. The van der Waals surface area contributed by atoms with Gasteiger partial charge in [0.2, 0.25) is 0 Å². The smallest absolute Gasteiger partial charge is 0.0681 e. The molecule has 0 aliphatic heterocycles. The molecule has 0 unspecified atom stereocenters. The molecule has 1 saturated carbocycles. The molecule has 0 bridgehead atoms. The fourth-order valence-electron chi connectivity index (χ4n) is 1.40. The zero-order valence-corrected chi connectivity index (χ0v) is 8.34. The average molecular weight is 227 g/mol. The molecule has 1 aromatic carbocycles. The van der Waals surface area contributed by atoms with Gasteiger partial charge in [-0.05, 0) is 36.0 Å². The molecule has 0 heterocycles. The van der Waals surface area contributed by atoms with Crippen molar-refractivity contribution in [3.05, 3.63) is 33.8 Å². The molecule has 0 radical (unpaired) electrons. The van der Waals surface area contributed by atoms with E-state index in [1.54, 1.807) is 0 Å². The SMILES string of the molecule is OCc1ccc(Br)c(C2CC2)c1. The molecule has 2 rings (SSSR count). The number of hydrogen-bond donors (Lipinski definition) is 1. The lowest BCUT2D eigenvalue weighted by molar-refractivity contribution is 0.281. The number of hydrogen-bond acceptors (Lipinski definition) is 1. The van der Waals surface area contributed by atoms with Crippen molar-refractivity contribution in [3.63, 3.8) is 0 Å². The van der Waals surface area contributed by atoms with Crippen LogP contribution in [0.5, 0.6) is 0 Å². The van der Waals surface area contributed by atoms with E-state index in [2.05, 4.69) is 22.0 Å². The first kappa shape index (κ1) is 8.27. The van der Waals surface area contributed by atoms with Crippen molar-refractivity contribution in [2.45, 2.75) is 25.4 Å². The fraction of sp³-hybridized carbons (Fsp3) is 0.400. The van der Waals surface area contributed by atoms with Crippen LogP contribution in [0.4, 0.5) is 0 Å². The summed E-state index contributed by atoms with van der Waals surface area (Å²) in [6, 6.07) is 6.08. The van der Waals surface area contributed by atoms with Gasteiger partial charge in [-0.3, -0.25) is 0 Å². The normalized spacial score (nSPS) is 16.5. The summed E-state index contributed by atoms with van der Waals surface area (Å²) in [6.45, 7) is 0.146. The van der Waals surface area contributed by atoms with Crippen LogP contribution in [-0.4, -0.2) is 5.11 Å². The van der Waals surface area contributed by atoms with Crippen LogP contribution < -0.4 is 0 Å². The van der Waals surface area contributed by atoms with Crippen molar-refractivity contribution in [3.8, 4) is 0 Å². The minimum Gasteiger partial charge on any atom is -0.392 e. The number of benzene rings is 1. The van der Waals surface area contributed by atoms with Gasteiger partial charge in [0, 0.05) is 4.47 Å². The Kier molecular flexibility index (Phi) is 2.20. The monoisotopic (exact) mass is 226 g/mol. The third-order valence-corrected chi connectivity index (χ3v) is 2.98. The molecule has 1 aliphatic carbocycles. The Hall–Kier alpha value is -0.340. The summed E-state index contributed by atoms with van der Waals surface area (Å²) in [7, 11) is 0. The number of halogens is 1. The maximum Gasteiger partial charge on any atom is 0.0681 e. The summed E-state index contributed by atoms with van der Waals surface area (Å²) < 4.78 is 1.18.